The smallest absolute Gasteiger partial charge is 0.483 e. The van der Waals surface area contributed by atoms with Crippen LogP contribution in [0.3, 0.4) is 0 Å². The third-order valence-electron chi connectivity index (χ3n) is 8.79. The molecule has 248 valence electrons. The van der Waals surface area contributed by atoms with Crippen molar-refractivity contribution in [2.45, 2.75) is 50.9 Å². The van der Waals surface area contributed by atoms with Crippen molar-refractivity contribution in [2.24, 2.45) is 11.8 Å². The average molecular weight is 661 g/mol. The Morgan fingerprint density at radius 1 is 0.660 bits per heavy atom. The van der Waals surface area contributed by atoms with Gasteiger partial charge in [-0.25, -0.2) is 17.6 Å². The van der Waals surface area contributed by atoms with E-state index in [1.54, 1.807) is 0 Å². The average Bonchev–Trinajstić information content (AvgIpc) is 3.05. The maximum atomic E-state index is 15.0. The normalized spacial score (nSPS) is 21.8. The molecule has 6 rings (SSSR count). The molecule has 1 saturated carbocycles. The van der Waals surface area contributed by atoms with Crippen LogP contribution in [-0.2, 0) is 16.1 Å². The lowest BCUT2D eigenvalue weighted by atomic mass is 9.74. The lowest BCUT2D eigenvalue weighted by molar-refractivity contribution is -0.274. The second kappa shape index (κ2) is 13.9. The molecular formula is C36H31F7O4. The third kappa shape index (κ3) is 7.90. The molecule has 0 amide bonds. The second-order valence-electron chi connectivity index (χ2n) is 11.9. The van der Waals surface area contributed by atoms with Crippen LogP contribution in [0.4, 0.5) is 30.7 Å². The predicted octanol–water partition coefficient (Wildman–Crippen LogP) is 10.0. The molecule has 2 aliphatic rings. The van der Waals surface area contributed by atoms with Crippen molar-refractivity contribution in [1.82, 2.24) is 0 Å². The van der Waals surface area contributed by atoms with E-state index >= 15 is 0 Å². The summed E-state index contributed by atoms with van der Waals surface area (Å²) in [7, 11) is 0. The van der Waals surface area contributed by atoms with Gasteiger partial charge in [-0.15, -0.1) is 13.2 Å². The largest absolute Gasteiger partial charge is 0.573 e. The van der Waals surface area contributed by atoms with Crippen LogP contribution in [0.5, 0.6) is 11.5 Å². The van der Waals surface area contributed by atoms with Gasteiger partial charge in [0.05, 0.1) is 18.8 Å². The highest BCUT2D eigenvalue weighted by atomic mass is 19.4. The number of hydrogen-bond acceptors (Lipinski definition) is 4. The molecule has 0 bridgehead atoms. The summed E-state index contributed by atoms with van der Waals surface area (Å²) in [6.07, 6.45) is -1.57. The summed E-state index contributed by atoms with van der Waals surface area (Å²) in [5, 5.41) is 0. The van der Waals surface area contributed by atoms with E-state index in [0.29, 0.717) is 25.0 Å². The molecule has 1 aliphatic heterocycles. The molecule has 47 heavy (non-hydrogen) atoms. The minimum atomic E-state index is -4.91. The fourth-order valence-electron chi connectivity index (χ4n) is 6.45. The first-order valence-corrected chi connectivity index (χ1v) is 15.3. The van der Waals surface area contributed by atoms with E-state index in [-0.39, 0.29) is 22.6 Å². The zero-order chi connectivity index (χ0) is 33.1. The Morgan fingerprint density at radius 2 is 1.26 bits per heavy atom. The van der Waals surface area contributed by atoms with Gasteiger partial charge in [0.25, 0.3) is 0 Å². The maximum absolute atomic E-state index is 15.0. The van der Waals surface area contributed by atoms with Gasteiger partial charge in [0.2, 0.25) is 0 Å². The SMILES string of the molecule is Fc1cc(C2OCC(C3CCC(c4ccccc4)CC3)CO2)cc(F)c1OCc1cc(F)c(-c2ccc(OC(F)(F)F)cc2)c(F)c1. The molecule has 1 aliphatic carbocycles. The number of halogens is 7. The fourth-order valence-corrected chi connectivity index (χ4v) is 6.45. The van der Waals surface area contributed by atoms with Crippen molar-refractivity contribution >= 4 is 0 Å². The minimum Gasteiger partial charge on any atom is -0.483 e. The van der Waals surface area contributed by atoms with Crippen LogP contribution >= 0.6 is 0 Å². The van der Waals surface area contributed by atoms with Crippen molar-refractivity contribution in [3.8, 4) is 22.6 Å². The van der Waals surface area contributed by atoms with Gasteiger partial charge in [-0.1, -0.05) is 42.5 Å². The lowest BCUT2D eigenvalue weighted by Crippen LogP contribution is -2.34. The topological polar surface area (TPSA) is 36.9 Å². The Labute approximate surface area is 267 Å². The van der Waals surface area contributed by atoms with E-state index in [0.717, 1.165) is 74.2 Å². The summed E-state index contributed by atoms with van der Waals surface area (Å²) in [5.41, 5.74) is 0.909. The molecule has 0 N–H and O–H groups in total. The molecule has 4 nitrogen and oxygen atoms in total. The van der Waals surface area contributed by atoms with Crippen LogP contribution in [0.15, 0.2) is 78.9 Å². The second-order valence-corrected chi connectivity index (χ2v) is 11.9. The van der Waals surface area contributed by atoms with Crippen LogP contribution in [0, 0.1) is 35.1 Å². The standard InChI is InChI=1S/C36H31F7O4/c37-29-14-21(15-30(38)33(29)25-10-12-28(13-11-25)47-36(41,42)43)18-44-34-31(39)16-26(17-32(34)40)35-45-19-27(20-46-35)24-8-6-23(7-9-24)22-4-2-1-3-5-22/h1-5,10-17,23-24,27,35H,6-9,18-20H2. The van der Waals surface area contributed by atoms with Gasteiger partial charge in [-0.05, 0) is 90.6 Å². The van der Waals surface area contributed by atoms with Gasteiger partial charge in [-0.2, -0.15) is 0 Å². The van der Waals surface area contributed by atoms with Crippen LogP contribution in [-0.4, -0.2) is 19.6 Å². The quantitative estimate of drug-likeness (QED) is 0.176. The zero-order valence-electron chi connectivity index (χ0n) is 25.0. The molecule has 0 aromatic heterocycles. The Hall–Kier alpha value is -4.09. The van der Waals surface area contributed by atoms with E-state index in [1.165, 1.54) is 5.56 Å². The van der Waals surface area contributed by atoms with Gasteiger partial charge in [0.1, 0.15) is 24.0 Å². The van der Waals surface area contributed by atoms with Gasteiger partial charge >= 0.3 is 6.36 Å². The van der Waals surface area contributed by atoms with Crippen LogP contribution in [0.25, 0.3) is 11.1 Å². The molecule has 1 heterocycles. The monoisotopic (exact) mass is 660 g/mol. The van der Waals surface area contributed by atoms with Crippen LogP contribution < -0.4 is 9.47 Å². The number of ether oxygens (including phenoxy) is 4. The summed E-state index contributed by atoms with van der Waals surface area (Å²) in [4.78, 5) is 0. The maximum Gasteiger partial charge on any atom is 0.573 e. The summed E-state index contributed by atoms with van der Waals surface area (Å²) in [5.74, 6) is -4.26. The molecule has 11 heteroatoms. The first-order valence-electron chi connectivity index (χ1n) is 15.3. The summed E-state index contributed by atoms with van der Waals surface area (Å²) < 4.78 is 118. The molecule has 0 atom stereocenters. The van der Waals surface area contributed by atoms with Crippen molar-refractivity contribution in [3.63, 3.8) is 0 Å². The van der Waals surface area contributed by atoms with Crippen molar-refractivity contribution < 1.29 is 49.7 Å². The Bertz CT molecular complexity index is 1620. The van der Waals surface area contributed by atoms with Crippen molar-refractivity contribution in [3.05, 3.63) is 119 Å². The Balaban J connectivity index is 1.04. The van der Waals surface area contributed by atoms with E-state index in [4.69, 9.17) is 14.2 Å². The number of alkyl halides is 3. The highest BCUT2D eigenvalue weighted by Gasteiger charge is 2.34. The highest BCUT2D eigenvalue weighted by molar-refractivity contribution is 5.66. The van der Waals surface area contributed by atoms with Crippen molar-refractivity contribution in [1.29, 1.82) is 0 Å². The molecule has 1 saturated heterocycles. The Kier molecular flexibility index (Phi) is 9.75. The van der Waals surface area contributed by atoms with Crippen LogP contribution in [0.1, 0.15) is 54.6 Å². The van der Waals surface area contributed by atoms with E-state index in [2.05, 4.69) is 29.0 Å². The van der Waals surface area contributed by atoms with Crippen molar-refractivity contribution in [2.75, 3.05) is 13.2 Å². The lowest BCUT2D eigenvalue weighted by Gasteiger charge is -2.38. The first kappa shape index (κ1) is 32.8. The van der Waals surface area contributed by atoms with E-state index in [1.807, 2.05) is 6.07 Å². The molecule has 0 unspecified atom stereocenters. The Morgan fingerprint density at radius 3 is 1.83 bits per heavy atom. The molecule has 0 radical (unpaired) electrons. The first-order chi connectivity index (χ1) is 22.5. The fraction of sp³-hybridized carbons (Fsp3) is 0.333. The molecule has 0 spiro atoms. The number of hydrogen-bond donors (Lipinski definition) is 0. The zero-order valence-corrected chi connectivity index (χ0v) is 25.0. The van der Waals surface area contributed by atoms with E-state index in [9.17, 15) is 30.7 Å². The molecular weight excluding hydrogens is 629 g/mol. The van der Waals surface area contributed by atoms with Gasteiger partial charge < -0.3 is 18.9 Å². The number of benzene rings is 4. The molecule has 2 fully saturated rings. The summed E-state index contributed by atoms with van der Waals surface area (Å²) in [6.45, 7) is 0.251. The van der Waals surface area contributed by atoms with Gasteiger partial charge in [0, 0.05) is 11.5 Å². The van der Waals surface area contributed by atoms with E-state index < -0.39 is 59.6 Å². The number of rotatable bonds is 8. The predicted molar refractivity (Wildman–Crippen MR) is 158 cm³/mol. The third-order valence-corrected chi connectivity index (χ3v) is 8.79. The molecule has 4 aromatic rings. The summed E-state index contributed by atoms with van der Waals surface area (Å²) >= 11 is 0. The van der Waals surface area contributed by atoms with Gasteiger partial charge in [-0.3, -0.25) is 0 Å². The summed E-state index contributed by atoms with van der Waals surface area (Å²) in [6, 6.07) is 18.4. The van der Waals surface area contributed by atoms with Gasteiger partial charge in [0.15, 0.2) is 23.7 Å². The molecule has 4 aromatic carbocycles. The van der Waals surface area contributed by atoms with Crippen LogP contribution in [0.2, 0.25) is 0 Å². The minimum absolute atomic E-state index is 0.0384. The highest BCUT2D eigenvalue weighted by Crippen LogP contribution is 2.41.